The first kappa shape index (κ1) is 19.2. The lowest BCUT2D eigenvalue weighted by Crippen LogP contribution is -2.56. The molecule has 3 aliphatic rings. The van der Waals surface area contributed by atoms with Crippen LogP contribution in [-0.2, 0) is 4.79 Å². The third-order valence-electron chi connectivity index (χ3n) is 5.70. The average molecular weight is 399 g/mol. The first-order chi connectivity index (χ1) is 13.1. The van der Waals surface area contributed by atoms with Crippen molar-refractivity contribution in [2.24, 2.45) is 5.73 Å². The lowest BCUT2D eigenvalue weighted by molar-refractivity contribution is -0.150. The van der Waals surface area contributed by atoms with Crippen LogP contribution in [0, 0.1) is 0 Å². The summed E-state index contributed by atoms with van der Waals surface area (Å²) in [5.74, 6) is -2.46. The van der Waals surface area contributed by atoms with E-state index in [1.54, 1.807) is 16.7 Å². The van der Waals surface area contributed by atoms with E-state index in [1.807, 2.05) is 0 Å². The zero-order valence-electron chi connectivity index (χ0n) is 15.7. The molecule has 3 aliphatic heterocycles. The van der Waals surface area contributed by atoms with E-state index in [0.717, 1.165) is 0 Å². The molecule has 2 N–H and O–H groups in total. The Bertz CT molecular complexity index is 762. The normalized spacial score (nSPS) is 33.0. The van der Waals surface area contributed by atoms with Crippen molar-refractivity contribution in [3.8, 4) is 0 Å². The summed E-state index contributed by atoms with van der Waals surface area (Å²) < 4.78 is 41.7. The van der Waals surface area contributed by atoms with Crippen molar-refractivity contribution in [1.82, 2.24) is 19.9 Å². The number of likely N-dealkylation sites (tertiary alicyclic amines) is 1. The van der Waals surface area contributed by atoms with Crippen LogP contribution in [0.25, 0.3) is 0 Å². The van der Waals surface area contributed by atoms with Crippen LogP contribution in [0.5, 0.6) is 0 Å². The van der Waals surface area contributed by atoms with Gasteiger partial charge < -0.3 is 20.4 Å². The second kappa shape index (κ2) is 6.71. The molecule has 4 rings (SSSR count). The molecule has 3 fully saturated rings. The molecule has 8 nitrogen and oxygen atoms in total. The van der Waals surface area contributed by atoms with Gasteiger partial charge in [-0.3, -0.25) is 4.79 Å². The maximum atomic E-state index is 14.1. The van der Waals surface area contributed by atoms with E-state index in [9.17, 15) is 18.0 Å². The van der Waals surface area contributed by atoms with Crippen molar-refractivity contribution in [2.45, 2.75) is 49.9 Å². The maximum absolute atomic E-state index is 14.1. The smallest absolute Gasteiger partial charge is 0.265 e. The standard InChI is InChI=1S/C17H24F3N7O/c1-16(18)4-5-25(8-16)14-22-10-23-15(24-14)26-6-11(21)12(7-26)27-9-17(19,20)3-2-13(27)28/h10-12H,2-9,21H2,1H3/t11-,12-,16?/m0/s1. The van der Waals surface area contributed by atoms with E-state index in [0.29, 0.717) is 31.4 Å². The van der Waals surface area contributed by atoms with Gasteiger partial charge in [0.2, 0.25) is 17.8 Å². The highest BCUT2D eigenvalue weighted by Crippen LogP contribution is 2.32. The number of alkyl halides is 3. The molecule has 0 aromatic carbocycles. The van der Waals surface area contributed by atoms with Crippen LogP contribution >= 0.6 is 0 Å². The third-order valence-corrected chi connectivity index (χ3v) is 5.70. The first-order valence-electron chi connectivity index (χ1n) is 9.44. The van der Waals surface area contributed by atoms with E-state index < -0.39 is 36.6 Å². The van der Waals surface area contributed by atoms with Crippen LogP contribution in [0.3, 0.4) is 0 Å². The van der Waals surface area contributed by atoms with Gasteiger partial charge in [0.25, 0.3) is 5.92 Å². The fourth-order valence-electron chi connectivity index (χ4n) is 4.14. The zero-order valence-corrected chi connectivity index (χ0v) is 15.7. The second-order valence-corrected chi connectivity index (χ2v) is 8.18. The van der Waals surface area contributed by atoms with Crippen molar-refractivity contribution in [2.75, 3.05) is 42.5 Å². The van der Waals surface area contributed by atoms with Gasteiger partial charge >= 0.3 is 0 Å². The number of amides is 1. The van der Waals surface area contributed by atoms with Gasteiger partial charge in [0.1, 0.15) is 12.0 Å². The van der Waals surface area contributed by atoms with E-state index in [1.165, 1.54) is 11.2 Å². The SMILES string of the molecule is CC1(F)CCN(c2ncnc(N3C[C@H](N)[C@@H](N4CC(F)(F)CCC4=O)C3)n2)C1. The number of nitrogens with two attached hydrogens (primary N) is 1. The summed E-state index contributed by atoms with van der Waals surface area (Å²) in [6.45, 7) is 2.26. The summed E-state index contributed by atoms with van der Waals surface area (Å²) in [5, 5.41) is 0. The fraction of sp³-hybridized carbons (Fsp3) is 0.765. The molecule has 3 saturated heterocycles. The second-order valence-electron chi connectivity index (χ2n) is 8.18. The van der Waals surface area contributed by atoms with Crippen molar-refractivity contribution in [3.63, 3.8) is 0 Å². The van der Waals surface area contributed by atoms with Crippen LogP contribution in [0.2, 0.25) is 0 Å². The molecular weight excluding hydrogens is 375 g/mol. The quantitative estimate of drug-likeness (QED) is 0.795. The predicted octanol–water partition coefficient (Wildman–Crippen LogP) is 0.584. The van der Waals surface area contributed by atoms with E-state index >= 15 is 0 Å². The molecule has 0 saturated carbocycles. The Kier molecular flexibility index (Phi) is 4.59. The molecule has 0 spiro atoms. The largest absolute Gasteiger partial charge is 0.337 e. The molecule has 1 aromatic heterocycles. The Balaban J connectivity index is 1.49. The van der Waals surface area contributed by atoms with Crippen LogP contribution in [0.1, 0.15) is 26.2 Å². The van der Waals surface area contributed by atoms with Gasteiger partial charge in [-0.1, -0.05) is 0 Å². The van der Waals surface area contributed by atoms with E-state index in [-0.39, 0.29) is 25.4 Å². The Hall–Kier alpha value is -2.17. The average Bonchev–Trinajstić information content (AvgIpc) is 3.20. The molecule has 11 heteroatoms. The molecule has 1 amide bonds. The van der Waals surface area contributed by atoms with Crippen molar-refractivity contribution in [3.05, 3.63) is 6.33 Å². The van der Waals surface area contributed by atoms with Gasteiger partial charge in [0, 0.05) is 44.9 Å². The lowest BCUT2D eigenvalue weighted by atomic mass is 10.0. The molecule has 0 bridgehead atoms. The number of carbonyl (C=O) groups excluding carboxylic acids is 1. The Morgan fingerprint density at radius 2 is 1.82 bits per heavy atom. The van der Waals surface area contributed by atoms with Crippen LogP contribution in [-0.4, -0.2) is 82.2 Å². The molecular formula is C17H24F3N7O. The summed E-state index contributed by atoms with van der Waals surface area (Å²) in [5.41, 5.74) is 4.89. The minimum absolute atomic E-state index is 0.177. The minimum atomic E-state index is -2.89. The Labute approximate surface area is 160 Å². The topological polar surface area (TPSA) is 91.5 Å². The maximum Gasteiger partial charge on any atom is 0.265 e. The predicted molar refractivity (Wildman–Crippen MR) is 96.0 cm³/mol. The highest BCUT2D eigenvalue weighted by Gasteiger charge is 2.46. The molecule has 1 aromatic rings. The van der Waals surface area contributed by atoms with Gasteiger partial charge in [-0.25, -0.2) is 23.1 Å². The number of hydrogen-bond donors (Lipinski definition) is 1. The number of hydrogen-bond acceptors (Lipinski definition) is 7. The molecule has 28 heavy (non-hydrogen) atoms. The summed E-state index contributed by atoms with van der Waals surface area (Å²) in [6, 6.07) is -1.02. The molecule has 3 atom stereocenters. The number of rotatable bonds is 3. The molecule has 4 heterocycles. The van der Waals surface area contributed by atoms with Gasteiger partial charge in [-0.05, 0) is 6.92 Å². The van der Waals surface area contributed by atoms with Gasteiger partial charge in [-0.15, -0.1) is 0 Å². The van der Waals surface area contributed by atoms with Crippen molar-refractivity contribution in [1.29, 1.82) is 0 Å². The van der Waals surface area contributed by atoms with Crippen molar-refractivity contribution < 1.29 is 18.0 Å². The summed E-state index contributed by atoms with van der Waals surface area (Å²) in [6.07, 6.45) is 1.15. The number of nitrogens with zero attached hydrogens (tertiary/aromatic N) is 6. The first-order valence-corrected chi connectivity index (χ1v) is 9.44. The number of piperidine rings is 1. The van der Waals surface area contributed by atoms with E-state index in [4.69, 9.17) is 5.73 Å². The third kappa shape index (κ3) is 3.71. The highest BCUT2D eigenvalue weighted by molar-refractivity contribution is 5.78. The number of aromatic nitrogens is 3. The summed E-state index contributed by atoms with van der Waals surface area (Å²) in [7, 11) is 0. The molecule has 154 valence electrons. The summed E-state index contributed by atoms with van der Waals surface area (Å²) >= 11 is 0. The van der Waals surface area contributed by atoms with Gasteiger partial charge in [0.15, 0.2) is 0 Å². The number of halogens is 3. The van der Waals surface area contributed by atoms with Crippen LogP contribution in [0.4, 0.5) is 25.1 Å². The zero-order chi connectivity index (χ0) is 20.1. The van der Waals surface area contributed by atoms with Gasteiger partial charge in [-0.2, -0.15) is 4.98 Å². The number of carbonyl (C=O) groups is 1. The Morgan fingerprint density at radius 1 is 1.11 bits per heavy atom. The highest BCUT2D eigenvalue weighted by atomic mass is 19.3. The van der Waals surface area contributed by atoms with Gasteiger partial charge in [0.05, 0.1) is 19.1 Å². The summed E-state index contributed by atoms with van der Waals surface area (Å²) in [4.78, 5) is 29.6. The van der Waals surface area contributed by atoms with Crippen LogP contribution in [0.15, 0.2) is 6.33 Å². The Morgan fingerprint density at radius 3 is 2.50 bits per heavy atom. The minimum Gasteiger partial charge on any atom is -0.337 e. The fourth-order valence-corrected chi connectivity index (χ4v) is 4.14. The van der Waals surface area contributed by atoms with Crippen molar-refractivity contribution >= 4 is 17.8 Å². The molecule has 1 unspecified atom stereocenters. The lowest BCUT2D eigenvalue weighted by Gasteiger charge is -2.37. The number of anilines is 2. The van der Waals surface area contributed by atoms with Crippen LogP contribution < -0.4 is 15.5 Å². The molecule has 0 radical (unpaired) electrons. The monoisotopic (exact) mass is 399 g/mol. The van der Waals surface area contributed by atoms with E-state index in [2.05, 4.69) is 15.0 Å². The molecule has 0 aliphatic carbocycles.